The number of nitrogens with one attached hydrogen (secondary N) is 1. The fraction of sp³-hybridized carbons (Fsp3) is 0.350. The van der Waals surface area contributed by atoms with E-state index in [1.54, 1.807) is 6.20 Å². The van der Waals surface area contributed by atoms with Gasteiger partial charge in [-0.25, -0.2) is 9.97 Å². The quantitative estimate of drug-likeness (QED) is 0.736. The predicted octanol–water partition coefficient (Wildman–Crippen LogP) is 2.63. The molecule has 1 aliphatic rings. The van der Waals surface area contributed by atoms with E-state index in [-0.39, 0.29) is 11.9 Å². The Kier molecular flexibility index (Phi) is 5.31. The van der Waals surface area contributed by atoms with Gasteiger partial charge in [-0.1, -0.05) is 29.5 Å². The lowest BCUT2D eigenvalue weighted by Gasteiger charge is -2.37. The third kappa shape index (κ3) is 4.26. The Morgan fingerprint density at radius 2 is 1.93 bits per heavy atom. The van der Waals surface area contributed by atoms with E-state index in [4.69, 9.17) is 0 Å². The number of amides is 1. The van der Waals surface area contributed by atoms with Crippen molar-refractivity contribution < 1.29 is 4.79 Å². The molecule has 1 aliphatic heterocycles. The first kappa shape index (κ1) is 17.9. The van der Waals surface area contributed by atoms with E-state index in [1.165, 1.54) is 17.0 Å². The monoisotopic (exact) mass is 381 g/mol. The summed E-state index contributed by atoms with van der Waals surface area (Å²) < 4.78 is 0. The van der Waals surface area contributed by atoms with Gasteiger partial charge in [-0.2, -0.15) is 0 Å². The summed E-state index contributed by atoms with van der Waals surface area (Å²) >= 11 is 1.34. The number of hydrogen-bond acceptors (Lipinski definition) is 6. The fourth-order valence-electron chi connectivity index (χ4n) is 3.41. The van der Waals surface area contributed by atoms with Crippen molar-refractivity contribution in [3.05, 3.63) is 53.7 Å². The molecular formula is C20H23N5OS. The average Bonchev–Trinajstić information content (AvgIpc) is 3.14. The number of piperazine rings is 1. The summed E-state index contributed by atoms with van der Waals surface area (Å²) in [6.07, 6.45) is 1.72. The number of anilines is 1. The number of pyridine rings is 1. The molecule has 6 nitrogen and oxygen atoms in total. The highest BCUT2D eigenvalue weighted by molar-refractivity contribution is 7.19. The fourth-order valence-corrected chi connectivity index (χ4v) is 4.22. The molecule has 27 heavy (non-hydrogen) atoms. The normalized spacial score (nSPS) is 16.4. The first-order valence-corrected chi connectivity index (χ1v) is 10.1. The van der Waals surface area contributed by atoms with Crippen molar-refractivity contribution in [2.75, 3.05) is 37.6 Å². The summed E-state index contributed by atoms with van der Waals surface area (Å²) in [6.45, 7) is 6.91. The van der Waals surface area contributed by atoms with Gasteiger partial charge >= 0.3 is 0 Å². The van der Waals surface area contributed by atoms with Crippen LogP contribution in [0.1, 0.15) is 16.7 Å². The maximum Gasteiger partial charge on any atom is 0.280 e. The molecule has 1 amide bonds. The largest absolute Gasteiger partial charge is 0.369 e. The highest BCUT2D eigenvalue weighted by Crippen LogP contribution is 2.19. The van der Waals surface area contributed by atoms with Gasteiger partial charge in [0, 0.05) is 50.6 Å². The Bertz CT molecular complexity index is 872. The number of fused-ring (bicyclic) bond motifs is 1. The number of aromatic nitrogens is 2. The number of hydrogen-bond donors (Lipinski definition) is 1. The number of carbonyl (C=O) groups excluding carboxylic acids is 1. The van der Waals surface area contributed by atoms with E-state index in [0.29, 0.717) is 5.01 Å². The molecule has 4 rings (SSSR count). The first-order valence-electron chi connectivity index (χ1n) is 9.24. The standard InChI is InChI=1S/C20H23N5OS/c1-15(22-18(26)20-23-17-8-5-9-21-19(17)27-20)14-24-10-12-25(13-11-24)16-6-3-2-4-7-16/h2-9,15H,10-14H2,1H3,(H,22,26). The zero-order valence-corrected chi connectivity index (χ0v) is 16.2. The van der Waals surface area contributed by atoms with Gasteiger partial charge in [0.25, 0.3) is 5.91 Å². The Hall–Kier alpha value is -2.51. The minimum absolute atomic E-state index is 0.0701. The van der Waals surface area contributed by atoms with E-state index in [0.717, 1.165) is 43.1 Å². The molecule has 1 unspecified atom stereocenters. The second kappa shape index (κ2) is 8.02. The lowest BCUT2D eigenvalue weighted by Crippen LogP contribution is -2.50. The Balaban J connectivity index is 1.28. The van der Waals surface area contributed by atoms with E-state index >= 15 is 0 Å². The molecule has 3 aromatic rings. The zero-order chi connectivity index (χ0) is 18.6. The topological polar surface area (TPSA) is 61.4 Å². The number of para-hydroxylation sites is 1. The molecule has 2 aromatic heterocycles. The second-order valence-electron chi connectivity index (χ2n) is 6.84. The van der Waals surface area contributed by atoms with Crippen LogP contribution < -0.4 is 10.2 Å². The van der Waals surface area contributed by atoms with Crippen LogP contribution in [0.5, 0.6) is 0 Å². The summed E-state index contributed by atoms with van der Waals surface area (Å²) in [7, 11) is 0. The molecule has 1 fully saturated rings. The molecule has 0 bridgehead atoms. The van der Waals surface area contributed by atoms with Crippen LogP contribution in [0.2, 0.25) is 0 Å². The lowest BCUT2D eigenvalue weighted by atomic mass is 10.2. The number of thiazole rings is 1. The van der Waals surface area contributed by atoms with Crippen molar-refractivity contribution in [3.8, 4) is 0 Å². The van der Waals surface area contributed by atoms with E-state index in [9.17, 15) is 4.79 Å². The van der Waals surface area contributed by atoms with Gasteiger partial charge in [0.15, 0.2) is 5.01 Å². The summed E-state index contributed by atoms with van der Waals surface area (Å²) in [4.78, 5) is 26.7. The van der Waals surface area contributed by atoms with Gasteiger partial charge in [-0.3, -0.25) is 9.69 Å². The van der Waals surface area contributed by atoms with Gasteiger partial charge in [-0.05, 0) is 31.2 Å². The summed E-state index contributed by atoms with van der Waals surface area (Å²) in [6, 6.07) is 14.3. The minimum atomic E-state index is -0.117. The van der Waals surface area contributed by atoms with Crippen molar-refractivity contribution in [2.45, 2.75) is 13.0 Å². The molecule has 0 radical (unpaired) electrons. The second-order valence-corrected chi connectivity index (χ2v) is 7.82. The van der Waals surface area contributed by atoms with E-state index < -0.39 is 0 Å². The van der Waals surface area contributed by atoms with Crippen LogP contribution in [0, 0.1) is 0 Å². The average molecular weight is 382 g/mol. The summed E-state index contributed by atoms with van der Waals surface area (Å²) in [5.74, 6) is -0.117. The molecule has 1 saturated heterocycles. The highest BCUT2D eigenvalue weighted by Gasteiger charge is 2.20. The van der Waals surface area contributed by atoms with Crippen molar-refractivity contribution >= 4 is 33.3 Å². The third-order valence-electron chi connectivity index (χ3n) is 4.76. The molecular weight excluding hydrogens is 358 g/mol. The molecule has 1 atom stereocenters. The SMILES string of the molecule is CC(CN1CCN(c2ccccc2)CC1)NC(=O)c1nc2cccnc2s1. The van der Waals surface area contributed by atoms with Crippen LogP contribution in [-0.4, -0.2) is 59.5 Å². The van der Waals surface area contributed by atoms with E-state index in [2.05, 4.69) is 49.4 Å². The van der Waals surface area contributed by atoms with Crippen molar-refractivity contribution in [1.82, 2.24) is 20.2 Å². The number of carbonyl (C=O) groups is 1. The number of benzene rings is 1. The van der Waals surface area contributed by atoms with Crippen LogP contribution in [0.25, 0.3) is 10.3 Å². The molecule has 140 valence electrons. The summed E-state index contributed by atoms with van der Waals surface area (Å²) in [5, 5.41) is 3.55. The molecule has 0 aliphatic carbocycles. The third-order valence-corrected chi connectivity index (χ3v) is 5.74. The van der Waals surface area contributed by atoms with Crippen molar-refractivity contribution in [1.29, 1.82) is 0 Å². The van der Waals surface area contributed by atoms with Crippen LogP contribution in [-0.2, 0) is 0 Å². The zero-order valence-electron chi connectivity index (χ0n) is 15.3. The van der Waals surface area contributed by atoms with Crippen LogP contribution >= 0.6 is 11.3 Å². The van der Waals surface area contributed by atoms with Gasteiger partial charge in [0.1, 0.15) is 10.3 Å². The Morgan fingerprint density at radius 3 is 2.67 bits per heavy atom. The number of nitrogens with zero attached hydrogens (tertiary/aromatic N) is 4. The Morgan fingerprint density at radius 1 is 1.15 bits per heavy atom. The first-order chi connectivity index (χ1) is 13.2. The number of rotatable bonds is 5. The van der Waals surface area contributed by atoms with Crippen LogP contribution in [0.3, 0.4) is 0 Å². The minimum Gasteiger partial charge on any atom is -0.369 e. The van der Waals surface area contributed by atoms with Crippen molar-refractivity contribution in [2.24, 2.45) is 0 Å². The summed E-state index contributed by atoms with van der Waals surface area (Å²) in [5.41, 5.74) is 2.06. The molecule has 0 saturated carbocycles. The van der Waals surface area contributed by atoms with E-state index in [1.807, 2.05) is 25.1 Å². The smallest absolute Gasteiger partial charge is 0.280 e. The van der Waals surface area contributed by atoms with Crippen LogP contribution in [0.15, 0.2) is 48.7 Å². The molecule has 0 spiro atoms. The molecule has 1 N–H and O–H groups in total. The predicted molar refractivity (Wildman–Crippen MR) is 109 cm³/mol. The Labute approximate surface area is 162 Å². The van der Waals surface area contributed by atoms with Gasteiger partial charge < -0.3 is 10.2 Å². The van der Waals surface area contributed by atoms with Crippen molar-refractivity contribution in [3.63, 3.8) is 0 Å². The maximum absolute atomic E-state index is 12.5. The highest BCUT2D eigenvalue weighted by atomic mass is 32.1. The van der Waals surface area contributed by atoms with Gasteiger partial charge in [0.2, 0.25) is 0 Å². The lowest BCUT2D eigenvalue weighted by molar-refractivity contribution is 0.0928. The van der Waals surface area contributed by atoms with Crippen LogP contribution in [0.4, 0.5) is 5.69 Å². The molecule has 3 heterocycles. The molecule has 7 heteroatoms. The molecule has 1 aromatic carbocycles. The van der Waals surface area contributed by atoms with Gasteiger partial charge in [-0.15, -0.1) is 0 Å². The van der Waals surface area contributed by atoms with Gasteiger partial charge in [0.05, 0.1) is 0 Å². The maximum atomic E-state index is 12.5.